The molecule has 0 aromatic heterocycles. The molecule has 2 atom stereocenters. The molecular weight excluding hydrogens is 290 g/mol. The first kappa shape index (κ1) is 17.8. The van der Waals surface area contributed by atoms with Gasteiger partial charge >= 0.3 is 5.97 Å². The number of unbranched alkanes of at least 4 members (excludes halogenated alkanes) is 1. The Hall–Kier alpha value is -1.55. The lowest BCUT2D eigenvalue weighted by Gasteiger charge is -2.28. The number of ether oxygens (including phenoxy) is 2. The summed E-state index contributed by atoms with van der Waals surface area (Å²) in [7, 11) is 0. The molecule has 23 heavy (non-hydrogen) atoms. The smallest absolute Gasteiger partial charge is 0.314 e. The van der Waals surface area contributed by atoms with Crippen LogP contribution in [0, 0.1) is 12.8 Å². The van der Waals surface area contributed by atoms with Gasteiger partial charge in [0.2, 0.25) is 0 Å². The number of likely N-dealkylation sites (tertiary alicyclic amines) is 1. The summed E-state index contributed by atoms with van der Waals surface area (Å²) in [5, 5.41) is 0. The molecule has 0 amide bonds. The Morgan fingerprint density at radius 3 is 3.00 bits per heavy atom. The molecule has 0 spiro atoms. The second kappa shape index (κ2) is 9.56. The van der Waals surface area contributed by atoms with E-state index in [4.69, 9.17) is 9.47 Å². The number of nitrogens with one attached hydrogen (secondary N) is 1. The number of esters is 1. The number of benzene rings is 1. The lowest BCUT2D eigenvalue weighted by molar-refractivity contribution is -0.907. The van der Waals surface area contributed by atoms with Crippen molar-refractivity contribution in [2.24, 2.45) is 5.92 Å². The number of carbonyl (C=O) groups is 1. The molecule has 0 saturated carbocycles. The number of hydrogen-bond donors (Lipinski definition) is 1. The average molecular weight is 320 g/mol. The maximum absolute atomic E-state index is 11.8. The number of carbonyl (C=O) groups excluding carboxylic acids is 1. The lowest BCUT2D eigenvalue weighted by Crippen LogP contribution is -3.13. The molecule has 0 bridgehead atoms. The fraction of sp³-hybridized carbons (Fsp3) is 0.632. The maximum atomic E-state index is 11.8. The highest BCUT2D eigenvalue weighted by Gasteiger charge is 2.29. The molecule has 128 valence electrons. The van der Waals surface area contributed by atoms with Crippen LogP contribution >= 0.6 is 0 Å². The highest BCUT2D eigenvalue weighted by atomic mass is 16.5. The van der Waals surface area contributed by atoms with E-state index in [1.807, 2.05) is 19.1 Å². The normalized spacial score (nSPS) is 21.0. The number of rotatable bonds is 8. The maximum Gasteiger partial charge on any atom is 0.314 e. The van der Waals surface area contributed by atoms with Crippen LogP contribution in [-0.2, 0) is 9.53 Å². The Morgan fingerprint density at radius 1 is 1.35 bits per heavy atom. The van der Waals surface area contributed by atoms with Gasteiger partial charge in [0, 0.05) is 0 Å². The summed E-state index contributed by atoms with van der Waals surface area (Å²) in [6.45, 7) is 8.42. The minimum atomic E-state index is -0.00696. The molecule has 0 aliphatic carbocycles. The molecule has 1 aromatic rings. The second-order valence-electron chi connectivity index (χ2n) is 6.42. The van der Waals surface area contributed by atoms with E-state index in [0.29, 0.717) is 6.61 Å². The van der Waals surface area contributed by atoms with E-state index < -0.39 is 0 Å². The Morgan fingerprint density at radius 2 is 2.22 bits per heavy atom. The van der Waals surface area contributed by atoms with Crippen LogP contribution in [0.2, 0.25) is 0 Å². The van der Waals surface area contributed by atoms with Crippen molar-refractivity contribution in [1.29, 1.82) is 0 Å². The minimum absolute atomic E-state index is 0.00696. The fourth-order valence-corrected chi connectivity index (χ4v) is 3.21. The van der Waals surface area contributed by atoms with Gasteiger partial charge in [-0.1, -0.05) is 12.1 Å². The van der Waals surface area contributed by atoms with Crippen LogP contribution in [0.1, 0.15) is 38.2 Å². The summed E-state index contributed by atoms with van der Waals surface area (Å²) in [4.78, 5) is 13.4. The van der Waals surface area contributed by atoms with Gasteiger partial charge in [-0.15, -0.1) is 0 Å². The van der Waals surface area contributed by atoms with Crippen LogP contribution < -0.4 is 9.64 Å². The van der Waals surface area contributed by atoms with Crippen molar-refractivity contribution in [2.75, 3.05) is 32.8 Å². The third-order valence-electron chi connectivity index (χ3n) is 4.42. The van der Waals surface area contributed by atoms with Gasteiger partial charge in [-0.3, -0.25) is 4.79 Å². The summed E-state index contributed by atoms with van der Waals surface area (Å²) >= 11 is 0. The van der Waals surface area contributed by atoms with E-state index in [0.717, 1.165) is 51.1 Å². The number of piperidine rings is 1. The van der Waals surface area contributed by atoms with Crippen molar-refractivity contribution >= 4 is 5.97 Å². The van der Waals surface area contributed by atoms with Crippen LogP contribution in [-0.4, -0.2) is 38.8 Å². The predicted octanol–water partition coefficient (Wildman–Crippen LogP) is 2.01. The highest BCUT2D eigenvalue weighted by molar-refractivity contribution is 5.72. The summed E-state index contributed by atoms with van der Waals surface area (Å²) in [5.41, 5.74) is 1.23. The van der Waals surface area contributed by atoms with E-state index in [2.05, 4.69) is 19.1 Å². The standard InChI is InChI=1S/C19H29NO3/c1-3-22-19(21)17-9-7-12-20(15-17)11-4-5-13-23-18-10-6-8-16(2)14-18/h6,8,10,14,17H,3-5,7,9,11-13,15H2,1-2H3/p+1/t17-/m1/s1. The largest absolute Gasteiger partial charge is 0.494 e. The van der Waals surface area contributed by atoms with Gasteiger partial charge in [-0.05, 0) is 57.2 Å². The van der Waals surface area contributed by atoms with Gasteiger partial charge in [0.1, 0.15) is 11.7 Å². The minimum Gasteiger partial charge on any atom is -0.494 e. The second-order valence-corrected chi connectivity index (χ2v) is 6.42. The topological polar surface area (TPSA) is 40.0 Å². The lowest BCUT2D eigenvalue weighted by atomic mass is 9.98. The van der Waals surface area contributed by atoms with E-state index in [-0.39, 0.29) is 11.9 Å². The Bertz CT molecular complexity index is 489. The number of aryl methyl sites for hydroxylation is 1. The molecule has 1 N–H and O–H groups in total. The van der Waals surface area contributed by atoms with Crippen molar-refractivity contribution in [3.05, 3.63) is 29.8 Å². The molecule has 1 saturated heterocycles. The number of hydrogen-bond acceptors (Lipinski definition) is 3. The monoisotopic (exact) mass is 320 g/mol. The summed E-state index contributed by atoms with van der Waals surface area (Å²) < 4.78 is 10.9. The van der Waals surface area contributed by atoms with Gasteiger partial charge in [-0.2, -0.15) is 0 Å². The summed E-state index contributed by atoms with van der Waals surface area (Å²) in [5.74, 6) is 1.05. The average Bonchev–Trinajstić information content (AvgIpc) is 2.55. The molecule has 1 unspecified atom stereocenters. The molecule has 4 nitrogen and oxygen atoms in total. The van der Waals surface area contributed by atoms with E-state index in [1.165, 1.54) is 17.0 Å². The van der Waals surface area contributed by atoms with Gasteiger partial charge < -0.3 is 14.4 Å². The van der Waals surface area contributed by atoms with Crippen molar-refractivity contribution in [1.82, 2.24) is 0 Å². The first-order valence-corrected chi connectivity index (χ1v) is 8.88. The zero-order chi connectivity index (χ0) is 16.5. The number of quaternary nitrogens is 1. The SMILES string of the molecule is CCOC(=O)[C@@H]1CCC[NH+](CCCCOc2cccc(C)c2)C1. The van der Waals surface area contributed by atoms with Crippen molar-refractivity contribution in [2.45, 2.75) is 39.5 Å². The van der Waals surface area contributed by atoms with E-state index in [1.54, 1.807) is 0 Å². The molecule has 0 radical (unpaired) electrons. The molecular formula is C19H30NO3+. The van der Waals surface area contributed by atoms with Crippen LogP contribution in [0.25, 0.3) is 0 Å². The quantitative estimate of drug-likeness (QED) is 0.588. The highest BCUT2D eigenvalue weighted by Crippen LogP contribution is 2.13. The first-order valence-electron chi connectivity index (χ1n) is 8.88. The van der Waals surface area contributed by atoms with Crippen LogP contribution in [0.3, 0.4) is 0 Å². The van der Waals surface area contributed by atoms with Crippen LogP contribution in [0.15, 0.2) is 24.3 Å². The predicted molar refractivity (Wildman–Crippen MR) is 90.8 cm³/mol. The molecule has 2 rings (SSSR count). The van der Waals surface area contributed by atoms with Crippen molar-refractivity contribution in [3.8, 4) is 5.75 Å². The van der Waals surface area contributed by atoms with Gasteiger partial charge in [0.25, 0.3) is 0 Å². The molecule has 1 aromatic carbocycles. The fourth-order valence-electron chi connectivity index (χ4n) is 3.21. The Balaban J connectivity index is 1.61. The zero-order valence-electron chi connectivity index (χ0n) is 14.5. The van der Waals surface area contributed by atoms with E-state index in [9.17, 15) is 4.79 Å². The zero-order valence-corrected chi connectivity index (χ0v) is 14.5. The van der Waals surface area contributed by atoms with Crippen molar-refractivity contribution in [3.63, 3.8) is 0 Å². The third-order valence-corrected chi connectivity index (χ3v) is 4.42. The van der Waals surface area contributed by atoms with Crippen LogP contribution in [0.5, 0.6) is 5.75 Å². The van der Waals surface area contributed by atoms with Crippen LogP contribution in [0.4, 0.5) is 0 Å². The molecule has 1 aliphatic rings. The first-order chi connectivity index (χ1) is 11.2. The van der Waals surface area contributed by atoms with E-state index >= 15 is 0 Å². The van der Waals surface area contributed by atoms with Gasteiger partial charge in [-0.25, -0.2) is 0 Å². The summed E-state index contributed by atoms with van der Waals surface area (Å²) in [6.07, 6.45) is 4.30. The van der Waals surface area contributed by atoms with Gasteiger partial charge in [0.05, 0.1) is 32.8 Å². The Kier molecular flexibility index (Phi) is 7.40. The molecule has 1 heterocycles. The van der Waals surface area contributed by atoms with Gasteiger partial charge in [0.15, 0.2) is 0 Å². The Labute approximate surface area is 139 Å². The molecule has 1 aliphatic heterocycles. The van der Waals surface area contributed by atoms with Crippen molar-refractivity contribution < 1.29 is 19.2 Å². The molecule has 1 fully saturated rings. The summed E-state index contributed by atoms with van der Waals surface area (Å²) in [6, 6.07) is 8.18. The molecule has 4 heteroatoms. The third kappa shape index (κ3) is 6.22.